The summed E-state index contributed by atoms with van der Waals surface area (Å²) >= 11 is 0. The summed E-state index contributed by atoms with van der Waals surface area (Å²) in [5.41, 5.74) is 1.29. The van der Waals surface area contributed by atoms with Crippen LogP contribution in [0.5, 0.6) is 0 Å². The SMILES string of the molecule is CN1C[C@H]2C[C@@H](C1)c1ccc(NCc3cn(C)c(=O)n(C)c3=O)c(=O)n1C2. The summed E-state index contributed by atoms with van der Waals surface area (Å²) in [7, 11) is 5.20. The number of pyridine rings is 1. The van der Waals surface area contributed by atoms with Gasteiger partial charge in [0, 0.05) is 58.1 Å². The molecule has 8 nitrogen and oxygen atoms in total. The number of hydrogen-bond acceptors (Lipinski definition) is 5. The zero-order valence-corrected chi connectivity index (χ0v) is 15.9. The van der Waals surface area contributed by atoms with Gasteiger partial charge in [-0.05, 0) is 31.5 Å². The van der Waals surface area contributed by atoms with Gasteiger partial charge in [0.05, 0.1) is 5.56 Å². The lowest BCUT2D eigenvalue weighted by molar-refractivity contribution is 0.145. The molecule has 1 fully saturated rings. The molecule has 0 unspecified atom stereocenters. The number of fused-ring (bicyclic) bond motifs is 4. The van der Waals surface area contributed by atoms with Gasteiger partial charge >= 0.3 is 5.69 Å². The average molecular weight is 371 g/mol. The van der Waals surface area contributed by atoms with Gasteiger partial charge in [0.15, 0.2) is 0 Å². The summed E-state index contributed by atoms with van der Waals surface area (Å²) < 4.78 is 4.34. The lowest BCUT2D eigenvalue weighted by atomic mass is 9.83. The van der Waals surface area contributed by atoms with Crippen molar-refractivity contribution < 1.29 is 0 Å². The number of likely N-dealkylation sites (tertiary alicyclic amines) is 1. The van der Waals surface area contributed by atoms with Crippen LogP contribution in [0.3, 0.4) is 0 Å². The predicted molar refractivity (Wildman–Crippen MR) is 103 cm³/mol. The third-order valence-corrected chi connectivity index (χ3v) is 5.77. The predicted octanol–water partition coefficient (Wildman–Crippen LogP) is -0.0933. The highest BCUT2D eigenvalue weighted by molar-refractivity contribution is 5.43. The molecule has 0 spiro atoms. The third-order valence-electron chi connectivity index (χ3n) is 5.77. The molecular weight excluding hydrogens is 346 g/mol. The zero-order chi connectivity index (χ0) is 19.3. The van der Waals surface area contributed by atoms with Gasteiger partial charge in [-0.1, -0.05) is 0 Å². The maximum Gasteiger partial charge on any atom is 0.330 e. The van der Waals surface area contributed by atoms with Crippen LogP contribution in [0.15, 0.2) is 32.7 Å². The molecule has 27 heavy (non-hydrogen) atoms. The van der Waals surface area contributed by atoms with Crippen LogP contribution in [-0.4, -0.2) is 38.7 Å². The van der Waals surface area contributed by atoms with Crippen LogP contribution in [0, 0.1) is 5.92 Å². The second-order valence-electron chi connectivity index (χ2n) is 7.87. The highest BCUT2D eigenvalue weighted by Gasteiger charge is 2.33. The van der Waals surface area contributed by atoms with Gasteiger partial charge in [-0.25, -0.2) is 4.79 Å². The van der Waals surface area contributed by atoms with Crippen LogP contribution in [0.1, 0.15) is 23.6 Å². The normalized spacial score (nSPS) is 21.7. The second-order valence-corrected chi connectivity index (χ2v) is 7.87. The Hall–Kier alpha value is -2.61. The smallest absolute Gasteiger partial charge is 0.330 e. The molecule has 4 rings (SSSR count). The maximum atomic E-state index is 13.0. The number of nitrogens with one attached hydrogen (secondary N) is 1. The molecule has 1 saturated heterocycles. The summed E-state index contributed by atoms with van der Waals surface area (Å²) in [6.45, 7) is 2.95. The highest BCUT2D eigenvalue weighted by atomic mass is 16.2. The van der Waals surface area contributed by atoms with E-state index in [9.17, 15) is 14.4 Å². The van der Waals surface area contributed by atoms with E-state index in [4.69, 9.17) is 0 Å². The van der Waals surface area contributed by atoms with Crippen molar-refractivity contribution in [2.45, 2.75) is 25.4 Å². The van der Waals surface area contributed by atoms with Crippen molar-refractivity contribution in [3.8, 4) is 0 Å². The Bertz CT molecular complexity index is 1060. The molecule has 8 heteroatoms. The standard InChI is InChI=1S/C19H25N5O3/c1-21-8-12-6-13(10-21)16-5-4-15(18(26)24(16)9-12)20-7-14-11-22(2)19(27)23(3)17(14)25/h4-5,11-13,20H,6-10H2,1-3H3/t12-,13+/m1/s1. The Balaban J connectivity index is 1.62. The first-order chi connectivity index (χ1) is 12.8. The van der Waals surface area contributed by atoms with E-state index in [0.717, 1.165) is 36.3 Å². The number of nitrogens with zero attached hydrogens (tertiary/aromatic N) is 4. The van der Waals surface area contributed by atoms with E-state index >= 15 is 0 Å². The quantitative estimate of drug-likeness (QED) is 0.815. The van der Waals surface area contributed by atoms with Crippen LogP contribution in [0.2, 0.25) is 0 Å². The fourth-order valence-corrected chi connectivity index (χ4v) is 4.51. The van der Waals surface area contributed by atoms with Crippen LogP contribution < -0.4 is 22.1 Å². The molecule has 1 N–H and O–H groups in total. The van der Waals surface area contributed by atoms with Gasteiger partial charge in [0.25, 0.3) is 11.1 Å². The molecule has 2 aromatic rings. The van der Waals surface area contributed by atoms with Crippen molar-refractivity contribution in [2.75, 3.05) is 25.5 Å². The third kappa shape index (κ3) is 3.03. The Kier molecular flexibility index (Phi) is 4.30. The average Bonchev–Trinajstić information content (AvgIpc) is 2.63. The van der Waals surface area contributed by atoms with Crippen LogP contribution in [0.25, 0.3) is 0 Å². The first-order valence-electron chi connectivity index (χ1n) is 9.27. The molecule has 0 radical (unpaired) electrons. The zero-order valence-electron chi connectivity index (χ0n) is 15.9. The van der Waals surface area contributed by atoms with Crippen molar-refractivity contribution in [1.29, 1.82) is 0 Å². The number of rotatable bonds is 3. The molecule has 2 aromatic heterocycles. The Labute approximate surface area is 156 Å². The van der Waals surface area contributed by atoms with Gasteiger partial charge in [-0.15, -0.1) is 0 Å². The van der Waals surface area contributed by atoms with Gasteiger partial charge in [0.1, 0.15) is 5.69 Å². The van der Waals surface area contributed by atoms with Crippen molar-refractivity contribution in [3.05, 3.63) is 60.8 Å². The van der Waals surface area contributed by atoms with E-state index < -0.39 is 0 Å². The van der Waals surface area contributed by atoms with E-state index in [1.165, 1.54) is 17.8 Å². The van der Waals surface area contributed by atoms with Crippen molar-refractivity contribution in [1.82, 2.24) is 18.6 Å². The summed E-state index contributed by atoms with van der Waals surface area (Å²) in [6.07, 6.45) is 2.67. The molecule has 4 heterocycles. The highest BCUT2D eigenvalue weighted by Crippen LogP contribution is 2.34. The monoisotopic (exact) mass is 371 g/mol. The second kappa shape index (κ2) is 6.53. The number of aryl methyl sites for hydroxylation is 1. The van der Waals surface area contributed by atoms with Crippen molar-refractivity contribution in [3.63, 3.8) is 0 Å². The minimum absolute atomic E-state index is 0.0339. The molecular formula is C19H25N5O3. The first-order valence-corrected chi connectivity index (χ1v) is 9.27. The van der Waals surface area contributed by atoms with Crippen molar-refractivity contribution >= 4 is 5.69 Å². The fourth-order valence-electron chi connectivity index (χ4n) is 4.51. The number of likely N-dealkylation sites (N-methyl/N-ethyl adjacent to an activating group) is 1. The Morgan fingerprint density at radius 2 is 1.81 bits per heavy atom. The van der Waals surface area contributed by atoms with E-state index in [0.29, 0.717) is 23.1 Å². The maximum absolute atomic E-state index is 13.0. The van der Waals surface area contributed by atoms with Gasteiger partial charge in [0.2, 0.25) is 0 Å². The van der Waals surface area contributed by atoms with E-state index in [1.807, 2.05) is 16.7 Å². The molecule has 2 atom stereocenters. The van der Waals surface area contributed by atoms with Crippen LogP contribution in [-0.2, 0) is 27.2 Å². The van der Waals surface area contributed by atoms with Gasteiger partial charge < -0.3 is 19.4 Å². The molecule has 0 aliphatic carbocycles. The number of hydrogen-bond donors (Lipinski definition) is 1. The Morgan fingerprint density at radius 1 is 1.04 bits per heavy atom. The summed E-state index contributed by atoms with van der Waals surface area (Å²) in [5.74, 6) is 0.908. The van der Waals surface area contributed by atoms with Gasteiger partial charge in [-0.3, -0.25) is 14.2 Å². The molecule has 144 valence electrons. The molecule has 2 aliphatic heterocycles. The lowest BCUT2D eigenvalue weighted by Crippen LogP contribution is -2.45. The van der Waals surface area contributed by atoms with Crippen molar-refractivity contribution in [2.24, 2.45) is 20.0 Å². The first kappa shape index (κ1) is 17.8. The van der Waals surface area contributed by atoms with E-state index in [1.54, 1.807) is 7.05 Å². The Morgan fingerprint density at radius 3 is 2.59 bits per heavy atom. The molecule has 0 amide bonds. The summed E-state index contributed by atoms with van der Waals surface area (Å²) in [5, 5.41) is 3.10. The molecule has 2 bridgehead atoms. The summed E-state index contributed by atoms with van der Waals surface area (Å²) in [4.78, 5) is 39.4. The largest absolute Gasteiger partial charge is 0.376 e. The van der Waals surface area contributed by atoms with E-state index in [-0.39, 0.29) is 23.4 Å². The van der Waals surface area contributed by atoms with Crippen LogP contribution >= 0.6 is 0 Å². The van der Waals surface area contributed by atoms with Gasteiger partial charge in [-0.2, -0.15) is 0 Å². The minimum Gasteiger partial charge on any atom is -0.376 e. The lowest BCUT2D eigenvalue weighted by Gasteiger charge is -2.41. The number of aromatic nitrogens is 3. The topological polar surface area (TPSA) is 81.3 Å². The summed E-state index contributed by atoms with van der Waals surface area (Å²) in [6, 6.07) is 3.85. The fraction of sp³-hybridized carbons (Fsp3) is 0.526. The molecule has 2 aliphatic rings. The minimum atomic E-state index is -0.367. The molecule has 0 aromatic carbocycles. The number of anilines is 1. The number of piperidine rings is 1. The molecule has 0 saturated carbocycles. The van der Waals surface area contributed by atoms with E-state index in [2.05, 4.69) is 17.3 Å². The van der Waals surface area contributed by atoms with Crippen LogP contribution in [0.4, 0.5) is 5.69 Å².